The first kappa shape index (κ1) is 36.2. The maximum absolute atomic E-state index is 3.69. The molecule has 0 aliphatic rings. The molecule has 1 N–H and O–H groups in total. The van der Waals surface area contributed by atoms with Gasteiger partial charge in [0, 0.05) is 0 Å². The third kappa shape index (κ3) is 19.8. The first-order valence-corrected chi connectivity index (χ1v) is 18.3. The van der Waals surface area contributed by atoms with Crippen molar-refractivity contribution in [3.8, 4) is 0 Å². The van der Waals surface area contributed by atoms with Crippen LogP contribution >= 0.6 is 0 Å². The van der Waals surface area contributed by atoms with Gasteiger partial charge in [-0.2, -0.15) is 0 Å². The monoisotopic (exact) mass is 546 g/mol. The average Bonchev–Trinajstić information content (AvgIpc) is 3.43. The van der Waals surface area contributed by atoms with Gasteiger partial charge in [0.15, 0.2) is 0 Å². The first-order valence-electron chi connectivity index (χ1n) is 18.3. The van der Waals surface area contributed by atoms with Crippen LogP contribution in [0, 0.1) is 0 Å². The van der Waals surface area contributed by atoms with E-state index < -0.39 is 0 Å². The lowest BCUT2D eigenvalue weighted by Crippen LogP contribution is -2.41. The smallest absolute Gasteiger partial charge is 0.247 e. The Morgan fingerprint density at radius 2 is 0.846 bits per heavy atom. The van der Waals surface area contributed by atoms with Gasteiger partial charge in [-0.1, -0.05) is 181 Å². The number of H-pyrrole nitrogens is 1. The Labute approximate surface area is 246 Å². The van der Waals surface area contributed by atoms with Crippen molar-refractivity contribution in [3.63, 3.8) is 0 Å². The van der Waals surface area contributed by atoms with E-state index in [0.29, 0.717) is 12.0 Å². The maximum Gasteiger partial charge on any atom is 0.257 e. The summed E-state index contributed by atoms with van der Waals surface area (Å²) in [5.74, 6) is 2.23. The zero-order valence-electron chi connectivity index (χ0n) is 27.6. The predicted octanol–water partition coefficient (Wildman–Crippen LogP) is 12.9. The number of imidazole rings is 1. The van der Waals surface area contributed by atoms with E-state index in [-0.39, 0.29) is 0 Å². The van der Waals surface area contributed by atoms with Gasteiger partial charge >= 0.3 is 0 Å². The van der Waals surface area contributed by atoms with E-state index in [9.17, 15) is 0 Å². The van der Waals surface area contributed by atoms with Crippen LogP contribution in [0.15, 0.2) is 12.4 Å². The summed E-state index contributed by atoms with van der Waals surface area (Å²) in [6.07, 6.45) is 44.4. The molecule has 2 atom stereocenters. The van der Waals surface area contributed by atoms with Crippen LogP contribution in [0.4, 0.5) is 0 Å². The highest BCUT2D eigenvalue weighted by atomic mass is 15.1. The fourth-order valence-electron chi connectivity index (χ4n) is 6.51. The number of hydrogen-bond donors (Lipinski definition) is 1. The van der Waals surface area contributed by atoms with Crippen LogP contribution in [0.3, 0.4) is 0 Å². The largest absolute Gasteiger partial charge is 0.257 e. The van der Waals surface area contributed by atoms with Crippen LogP contribution in [0.2, 0.25) is 0 Å². The number of hydrogen-bond acceptors (Lipinski definition) is 0. The second-order valence-corrected chi connectivity index (χ2v) is 12.9. The molecule has 2 heteroatoms. The number of aromatic amines is 1. The van der Waals surface area contributed by atoms with Crippen molar-refractivity contribution in [2.24, 2.45) is 0 Å². The van der Waals surface area contributed by atoms with E-state index in [0.717, 1.165) is 0 Å². The third-order valence-electron chi connectivity index (χ3n) is 9.12. The van der Waals surface area contributed by atoms with E-state index in [2.05, 4.69) is 49.6 Å². The zero-order chi connectivity index (χ0) is 28.2. The fourth-order valence-corrected chi connectivity index (χ4v) is 6.51. The molecule has 0 saturated carbocycles. The van der Waals surface area contributed by atoms with Crippen molar-refractivity contribution in [3.05, 3.63) is 18.2 Å². The van der Waals surface area contributed by atoms with Crippen LogP contribution in [0.1, 0.15) is 225 Å². The molecule has 0 fully saturated rings. The molecule has 0 amide bonds. The van der Waals surface area contributed by atoms with Crippen LogP contribution in [-0.4, -0.2) is 4.98 Å². The summed E-state index contributed by atoms with van der Waals surface area (Å²) in [7, 11) is 0. The van der Waals surface area contributed by atoms with Gasteiger partial charge in [-0.3, -0.25) is 0 Å². The van der Waals surface area contributed by atoms with Gasteiger partial charge in [-0.15, -0.1) is 0 Å². The summed E-state index contributed by atoms with van der Waals surface area (Å²) in [4.78, 5) is 3.69. The predicted molar refractivity (Wildman–Crippen MR) is 175 cm³/mol. The highest BCUT2D eigenvalue weighted by molar-refractivity contribution is 4.90. The van der Waals surface area contributed by atoms with Gasteiger partial charge in [0.1, 0.15) is 12.4 Å². The Balaban J connectivity index is 2.24. The summed E-state index contributed by atoms with van der Waals surface area (Å²) < 4.78 is 2.58. The number of aromatic nitrogens is 2. The van der Waals surface area contributed by atoms with Crippen LogP contribution in [0.25, 0.3) is 0 Å². The molecular formula is C37H73N2+. The van der Waals surface area contributed by atoms with Crippen molar-refractivity contribution in [2.45, 2.75) is 219 Å². The molecule has 1 aromatic rings. The quantitative estimate of drug-likeness (QED) is 0.0732. The van der Waals surface area contributed by atoms with Gasteiger partial charge in [0.2, 0.25) is 0 Å². The lowest BCUT2D eigenvalue weighted by Gasteiger charge is -2.17. The lowest BCUT2D eigenvalue weighted by molar-refractivity contribution is -0.727. The minimum atomic E-state index is 0.614. The van der Waals surface area contributed by atoms with Crippen LogP contribution in [0.5, 0.6) is 0 Å². The highest BCUT2D eigenvalue weighted by Crippen LogP contribution is 2.27. The Bertz CT molecular complexity index is 606. The van der Waals surface area contributed by atoms with Crippen molar-refractivity contribution in [1.29, 1.82) is 0 Å². The topological polar surface area (TPSA) is 19.7 Å². The third-order valence-corrected chi connectivity index (χ3v) is 9.12. The highest BCUT2D eigenvalue weighted by Gasteiger charge is 2.25. The SMILES string of the molecule is CCCCCCCCCCCCCCCCCC(CCCCCCCCCCC)c1[nH]cc[n+]1C(C)CCC. The zero-order valence-corrected chi connectivity index (χ0v) is 27.6. The molecule has 0 bridgehead atoms. The Kier molecular flexibility index (Phi) is 25.4. The number of nitrogens with one attached hydrogen (secondary N) is 1. The summed E-state index contributed by atoms with van der Waals surface area (Å²) in [6.45, 7) is 9.35. The minimum Gasteiger partial charge on any atom is -0.247 e. The van der Waals surface area contributed by atoms with E-state index >= 15 is 0 Å². The molecule has 2 unspecified atom stereocenters. The molecule has 39 heavy (non-hydrogen) atoms. The molecule has 0 aliphatic heterocycles. The first-order chi connectivity index (χ1) is 19.2. The lowest BCUT2D eigenvalue weighted by atomic mass is 9.92. The van der Waals surface area contributed by atoms with E-state index in [4.69, 9.17) is 0 Å². The standard InChI is InChI=1S/C37H72N2/c1-5-8-10-12-14-16-17-18-19-20-21-23-25-27-29-32-36(31-28-26-24-22-15-13-11-9-6-2)37-38-33-34-39(37)35(4)30-7-3/h33-36H,5-32H2,1-4H3/p+1. The normalized spacial score (nSPS) is 13.2. The Hall–Kier alpha value is -0.790. The molecule has 0 aromatic carbocycles. The Morgan fingerprint density at radius 3 is 1.21 bits per heavy atom. The fraction of sp³-hybridized carbons (Fsp3) is 0.919. The molecule has 0 saturated heterocycles. The minimum absolute atomic E-state index is 0.614. The van der Waals surface area contributed by atoms with Crippen molar-refractivity contribution in [1.82, 2.24) is 4.98 Å². The summed E-state index contributed by atoms with van der Waals surface area (Å²) in [6, 6.07) is 0.614. The molecule has 0 spiro atoms. The molecule has 1 rings (SSSR count). The maximum atomic E-state index is 3.69. The summed E-state index contributed by atoms with van der Waals surface area (Å²) in [5.41, 5.74) is 0. The molecule has 0 radical (unpaired) electrons. The second-order valence-electron chi connectivity index (χ2n) is 12.9. The molecule has 2 nitrogen and oxygen atoms in total. The molecule has 1 heterocycles. The molecular weight excluding hydrogens is 472 g/mol. The molecule has 230 valence electrons. The van der Waals surface area contributed by atoms with E-state index in [1.165, 1.54) is 186 Å². The number of nitrogens with zero attached hydrogens (tertiary/aromatic N) is 1. The van der Waals surface area contributed by atoms with Crippen LogP contribution < -0.4 is 4.57 Å². The van der Waals surface area contributed by atoms with Crippen molar-refractivity contribution < 1.29 is 4.57 Å². The van der Waals surface area contributed by atoms with Crippen molar-refractivity contribution in [2.75, 3.05) is 0 Å². The van der Waals surface area contributed by atoms with Crippen LogP contribution in [-0.2, 0) is 0 Å². The van der Waals surface area contributed by atoms with E-state index in [1.54, 1.807) is 0 Å². The van der Waals surface area contributed by atoms with Gasteiger partial charge in [0.05, 0.1) is 12.0 Å². The number of rotatable bonds is 30. The summed E-state index contributed by atoms with van der Waals surface area (Å²) in [5, 5.41) is 0. The van der Waals surface area contributed by atoms with Gasteiger partial charge in [-0.25, -0.2) is 9.55 Å². The number of unbranched alkanes of at least 4 members (excludes halogenated alkanes) is 22. The summed E-state index contributed by atoms with van der Waals surface area (Å²) >= 11 is 0. The van der Waals surface area contributed by atoms with Crippen molar-refractivity contribution >= 4 is 0 Å². The average molecular weight is 546 g/mol. The van der Waals surface area contributed by atoms with Gasteiger partial charge in [-0.05, 0) is 26.2 Å². The van der Waals surface area contributed by atoms with E-state index in [1.807, 2.05) is 0 Å². The molecule has 0 aliphatic carbocycles. The van der Waals surface area contributed by atoms with Gasteiger partial charge in [0.25, 0.3) is 5.82 Å². The van der Waals surface area contributed by atoms with Gasteiger partial charge < -0.3 is 0 Å². The molecule has 1 aromatic heterocycles. The Morgan fingerprint density at radius 1 is 0.487 bits per heavy atom. The second kappa shape index (κ2) is 27.4.